The van der Waals surface area contributed by atoms with Crippen molar-refractivity contribution in [2.45, 2.75) is 45.4 Å². The fourth-order valence-corrected chi connectivity index (χ4v) is 2.86. The minimum atomic E-state index is 0.142. The van der Waals surface area contributed by atoms with E-state index in [1.165, 1.54) is 32.1 Å². The molecule has 1 saturated carbocycles. The number of rotatable bonds is 6. The van der Waals surface area contributed by atoms with Crippen LogP contribution in [-0.4, -0.2) is 24.0 Å². The van der Waals surface area contributed by atoms with Crippen LogP contribution in [0.2, 0.25) is 0 Å². The number of nitriles is 1. The first kappa shape index (κ1) is 16.3. The summed E-state index contributed by atoms with van der Waals surface area (Å²) in [7, 11) is 0. The van der Waals surface area contributed by atoms with Crippen LogP contribution in [0.25, 0.3) is 0 Å². The molecule has 0 aromatic carbocycles. The second-order valence-corrected chi connectivity index (χ2v) is 5.96. The van der Waals surface area contributed by atoms with Gasteiger partial charge in [0.25, 0.3) is 0 Å². The van der Waals surface area contributed by atoms with E-state index in [4.69, 9.17) is 5.26 Å². The van der Waals surface area contributed by atoms with Gasteiger partial charge in [0.1, 0.15) is 17.6 Å². The van der Waals surface area contributed by atoms with Crippen molar-refractivity contribution in [1.29, 1.82) is 5.26 Å². The quantitative estimate of drug-likeness (QED) is 0.792. The molecule has 0 radical (unpaired) electrons. The predicted octanol–water partition coefficient (Wildman–Crippen LogP) is 2.76. The van der Waals surface area contributed by atoms with Gasteiger partial charge in [0.2, 0.25) is 5.91 Å². The highest BCUT2D eigenvalue weighted by Gasteiger charge is 2.16. The maximum atomic E-state index is 11.9. The molecule has 118 valence electrons. The Kier molecular flexibility index (Phi) is 6.20. The lowest BCUT2D eigenvalue weighted by atomic mass is 9.87. The molecule has 2 N–H and O–H groups in total. The summed E-state index contributed by atoms with van der Waals surface area (Å²) in [5, 5.41) is 15.0. The number of carbonyl (C=O) groups excluding carboxylic acids is 1. The predicted molar refractivity (Wildman–Crippen MR) is 86.4 cm³/mol. The average Bonchev–Trinajstić information content (AvgIpc) is 2.54. The van der Waals surface area contributed by atoms with Crippen LogP contribution in [0, 0.1) is 24.2 Å². The van der Waals surface area contributed by atoms with E-state index in [1.54, 1.807) is 0 Å². The van der Waals surface area contributed by atoms with Crippen molar-refractivity contribution in [2.24, 2.45) is 5.92 Å². The van der Waals surface area contributed by atoms with Crippen molar-refractivity contribution in [2.75, 3.05) is 18.4 Å². The van der Waals surface area contributed by atoms with Gasteiger partial charge in [-0.15, -0.1) is 0 Å². The van der Waals surface area contributed by atoms with E-state index < -0.39 is 0 Å². The fraction of sp³-hybridized carbons (Fsp3) is 0.588. The number of aryl methyl sites for hydroxylation is 1. The number of anilines is 1. The molecule has 0 aliphatic heterocycles. The molecule has 2 rings (SSSR count). The second-order valence-electron chi connectivity index (χ2n) is 5.96. The molecule has 1 fully saturated rings. The van der Waals surface area contributed by atoms with Crippen LogP contribution in [0.3, 0.4) is 0 Å². The molecule has 5 nitrogen and oxygen atoms in total. The van der Waals surface area contributed by atoms with Crippen molar-refractivity contribution in [1.82, 2.24) is 10.3 Å². The molecule has 5 heteroatoms. The molecule has 22 heavy (non-hydrogen) atoms. The lowest BCUT2D eigenvalue weighted by Crippen LogP contribution is -2.30. The minimum Gasteiger partial charge on any atom is -0.368 e. The summed E-state index contributed by atoms with van der Waals surface area (Å²) in [5.74, 6) is 1.38. The third kappa shape index (κ3) is 5.03. The maximum absolute atomic E-state index is 11.9. The SMILES string of the molecule is Cc1ccc(NCCNC(=O)CC2CCCCC2)nc1C#N. The first-order chi connectivity index (χ1) is 10.7. The van der Waals surface area contributed by atoms with Crippen LogP contribution in [0.1, 0.15) is 49.8 Å². The van der Waals surface area contributed by atoms with Crippen LogP contribution in [0.5, 0.6) is 0 Å². The largest absolute Gasteiger partial charge is 0.368 e. The monoisotopic (exact) mass is 300 g/mol. The van der Waals surface area contributed by atoms with E-state index in [0.29, 0.717) is 36.9 Å². The van der Waals surface area contributed by atoms with Gasteiger partial charge in [0.05, 0.1) is 0 Å². The molecule has 0 unspecified atom stereocenters. The summed E-state index contributed by atoms with van der Waals surface area (Å²) < 4.78 is 0. The first-order valence-corrected chi connectivity index (χ1v) is 8.07. The Morgan fingerprint density at radius 2 is 2.09 bits per heavy atom. The zero-order chi connectivity index (χ0) is 15.8. The molecule has 1 aromatic heterocycles. The standard InChI is InChI=1S/C17H24N4O/c1-13-7-8-16(21-15(13)12-18)19-9-10-20-17(22)11-14-5-3-2-4-6-14/h7-8,14H,2-6,9-11H2,1H3,(H,19,21)(H,20,22). The molecule has 1 aliphatic carbocycles. The highest BCUT2D eigenvalue weighted by molar-refractivity contribution is 5.76. The highest BCUT2D eigenvalue weighted by Crippen LogP contribution is 2.25. The molecule has 0 spiro atoms. The number of pyridine rings is 1. The van der Waals surface area contributed by atoms with Crippen molar-refractivity contribution in [3.8, 4) is 6.07 Å². The van der Waals surface area contributed by atoms with Gasteiger partial charge < -0.3 is 10.6 Å². The number of amides is 1. The van der Waals surface area contributed by atoms with Crippen LogP contribution in [0.4, 0.5) is 5.82 Å². The van der Waals surface area contributed by atoms with Gasteiger partial charge in [-0.3, -0.25) is 4.79 Å². The molecule has 0 bridgehead atoms. The molecule has 0 saturated heterocycles. The Bertz CT molecular complexity index is 544. The molecular weight excluding hydrogens is 276 g/mol. The Morgan fingerprint density at radius 1 is 1.32 bits per heavy atom. The minimum absolute atomic E-state index is 0.142. The Hall–Kier alpha value is -2.09. The Balaban J connectivity index is 1.66. The van der Waals surface area contributed by atoms with Gasteiger partial charge in [-0.25, -0.2) is 4.98 Å². The summed E-state index contributed by atoms with van der Waals surface area (Å²) in [4.78, 5) is 16.1. The van der Waals surface area contributed by atoms with Crippen molar-refractivity contribution in [3.05, 3.63) is 23.4 Å². The second kappa shape index (κ2) is 8.38. The molecule has 1 aliphatic rings. The number of aromatic nitrogens is 1. The van der Waals surface area contributed by atoms with Crippen molar-refractivity contribution < 1.29 is 4.79 Å². The van der Waals surface area contributed by atoms with E-state index in [2.05, 4.69) is 21.7 Å². The number of carbonyl (C=O) groups is 1. The molecule has 1 amide bonds. The van der Waals surface area contributed by atoms with Gasteiger partial charge in [0.15, 0.2) is 0 Å². The van der Waals surface area contributed by atoms with Gasteiger partial charge in [-0.1, -0.05) is 25.3 Å². The van der Waals surface area contributed by atoms with Crippen LogP contribution in [0.15, 0.2) is 12.1 Å². The zero-order valence-corrected chi connectivity index (χ0v) is 13.2. The van der Waals surface area contributed by atoms with Gasteiger partial charge in [-0.2, -0.15) is 5.26 Å². The number of nitrogens with zero attached hydrogens (tertiary/aromatic N) is 2. The fourth-order valence-electron chi connectivity index (χ4n) is 2.86. The molecule has 1 heterocycles. The summed E-state index contributed by atoms with van der Waals surface area (Å²) in [6, 6.07) is 5.79. The van der Waals surface area contributed by atoms with Gasteiger partial charge >= 0.3 is 0 Å². The Labute approximate surface area is 132 Å². The Morgan fingerprint density at radius 3 is 2.82 bits per heavy atom. The van der Waals surface area contributed by atoms with Crippen LogP contribution >= 0.6 is 0 Å². The van der Waals surface area contributed by atoms with E-state index >= 15 is 0 Å². The van der Waals surface area contributed by atoms with E-state index in [1.807, 2.05) is 19.1 Å². The summed E-state index contributed by atoms with van der Waals surface area (Å²) in [5.41, 5.74) is 1.31. The van der Waals surface area contributed by atoms with Crippen molar-refractivity contribution >= 4 is 11.7 Å². The summed E-state index contributed by atoms with van der Waals surface area (Å²) in [6.45, 7) is 3.04. The number of hydrogen-bond donors (Lipinski definition) is 2. The first-order valence-electron chi connectivity index (χ1n) is 8.07. The lowest BCUT2D eigenvalue weighted by molar-refractivity contribution is -0.122. The third-order valence-corrected chi connectivity index (χ3v) is 4.15. The topological polar surface area (TPSA) is 77.8 Å². The number of hydrogen-bond acceptors (Lipinski definition) is 4. The van der Waals surface area contributed by atoms with Crippen molar-refractivity contribution in [3.63, 3.8) is 0 Å². The summed E-state index contributed by atoms with van der Waals surface area (Å²) >= 11 is 0. The average molecular weight is 300 g/mol. The lowest BCUT2D eigenvalue weighted by Gasteiger charge is -2.20. The van der Waals surface area contributed by atoms with E-state index in [0.717, 1.165) is 5.56 Å². The molecule has 1 aromatic rings. The molecule has 0 atom stereocenters. The van der Waals surface area contributed by atoms with Gasteiger partial charge in [0, 0.05) is 19.5 Å². The van der Waals surface area contributed by atoms with Crippen LogP contribution in [-0.2, 0) is 4.79 Å². The number of nitrogens with one attached hydrogen (secondary N) is 2. The third-order valence-electron chi connectivity index (χ3n) is 4.15. The normalized spacial score (nSPS) is 15.1. The van der Waals surface area contributed by atoms with E-state index in [9.17, 15) is 4.79 Å². The summed E-state index contributed by atoms with van der Waals surface area (Å²) in [6.07, 6.45) is 6.88. The highest BCUT2D eigenvalue weighted by atomic mass is 16.1. The smallest absolute Gasteiger partial charge is 0.220 e. The van der Waals surface area contributed by atoms with E-state index in [-0.39, 0.29) is 5.91 Å². The van der Waals surface area contributed by atoms with Crippen LogP contribution < -0.4 is 10.6 Å². The maximum Gasteiger partial charge on any atom is 0.220 e. The molecular formula is C17H24N4O. The van der Waals surface area contributed by atoms with Gasteiger partial charge in [-0.05, 0) is 37.3 Å². The zero-order valence-electron chi connectivity index (χ0n) is 13.2.